The van der Waals surface area contributed by atoms with Crippen molar-refractivity contribution in [2.45, 2.75) is 24.7 Å². The zero-order valence-corrected chi connectivity index (χ0v) is 9.87. The Bertz CT molecular complexity index is 487. The lowest BCUT2D eigenvalue weighted by molar-refractivity contribution is 0.584. The fourth-order valence-corrected chi connectivity index (χ4v) is 2.02. The van der Waals surface area contributed by atoms with E-state index in [1.54, 1.807) is 30.5 Å². The van der Waals surface area contributed by atoms with E-state index in [4.69, 9.17) is 0 Å². The highest BCUT2D eigenvalue weighted by atomic mass is 32.2. The highest BCUT2D eigenvalue weighted by molar-refractivity contribution is 7.89. The van der Waals surface area contributed by atoms with Crippen LogP contribution in [0.4, 0.5) is 0 Å². The molecule has 0 radical (unpaired) electrons. The minimum absolute atomic E-state index is 0.242. The molecule has 1 saturated carbocycles. The number of aryl methyl sites for hydroxylation is 1. The van der Waals surface area contributed by atoms with E-state index >= 15 is 0 Å². The van der Waals surface area contributed by atoms with Crippen molar-refractivity contribution in [3.8, 4) is 0 Å². The van der Waals surface area contributed by atoms with Crippen LogP contribution < -0.4 is 4.83 Å². The summed E-state index contributed by atoms with van der Waals surface area (Å²) in [6.07, 6.45) is 3.87. The van der Waals surface area contributed by atoms with Crippen LogP contribution >= 0.6 is 0 Å². The Morgan fingerprint density at radius 3 is 2.50 bits per heavy atom. The number of nitrogens with one attached hydrogen (secondary N) is 1. The summed E-state index contributed by atoms with van der Waals surface area (Å²) in [6, 6.07) is 6.67. The van der Waals surface area contributed by atoms with Crippen LogP contribution in [0, 0.1) is 12.8 Å². The molecule has 1 aromatic carbocycles. The molecule has 16 heavy (non-hydrogen) atoms. The van der Waals surface area contributed by atoms with Crippen LogP contribution in [-0.4, -0.2) is 14.6 Å². The normalized spacial score (nSPS) is 16.6. The van der Waals surface area contributed by atoms with E-state index in [0.29, 0.717) is 5.92 Å². The third-order valence-corrected chi connectivity index (χ3v) is 3.65. The van der Waals surface area contributed by atoms with Crippen LogP contribution in [0.15, 0.2) is 34.3 Å². The highest BCUT2D eigenvalue weighted by Crippen LogP contribution is 2.26. The first-order valence-electron chi connectivity index (χ1n) is 5.19. The number of hydrogen-bond acceptors (Lipinski definition) is 3. The maximum atomic E-state index is 11.7. The second-order valence-electron chi connectivity index (χ2n) is 4.02. The van der Waals surface area contributed by atoms with Gasteiger partial charge >= 0.3 is 0 Å². The van der Waals surface area contributed by atoms with Gasteiger partial charge in [-0.15, -0.1) is 0 Å². The summed E-state index contributed by atoms with van der Waals surface area (Å²) in [5.74, 6) is 0.459. The van der Waals surface area contributed by atoms with Gasteiger partial charge in [0.1, 0.15) is 0 Å². The van der Waals surface area contributed by atoms with Crippen molar-refractivity contribution in [3.05, 3.63) is 29.8 Å². The monoisotopic (exact) mass is 238 g/mol. The fraction of sp³-hybridized carbons (Fsp3) is 0.364. The maximum Gasteiger partial charge on any atom is 0.276 e. The molecule has 4 nitrogen and oxygen atoms in total. The van der Waals surface area contributed by atoms with Crippen molar-refractivity contribution in [3.63, 3.8) is 0 Å². The van der Waals surface area contributed by atoms with Gasteiger partial charge in [0.2, 0.25) is 0 Å². The van der Waals surface area contributed by atoms with Crippen molar-refractivity contribution < 1.29 is 8.42 Å². The van der Waals surface area contributed by atoms with Gasteiger partial charge in [-0.05, 0) is 37.8 Å². The van der Waals surface area contributed by atoms with Gasteiger partial charge in [-0.3, -0.25) is 0 Å². The Hall–Kier alpha value is -1.36. The molecule has 1 aliphatic carbocycles. The van der Waals surface area contributed by atoms with Crippen LogP contribution in [0.3, 0.4) is 0 Å². The quantitative estimate of drug-likeness (QED) is 0.640. The third-order valence-electron chi connectivity index (χ3n) is 2.41. The Morgan fingerprint density at radius 2 is 1.94 bits per heavy atom. The first kappa shape index (κ1) is 11.1. The van der Waals surface area contributed by atoms with Crippen molar-refractivity contribution in [1.29, 1.82) is 0 Å². The fourth-order valence-electron chi connectivity index (χ4n) is 1.22. The molecule has 0 bridgehead atoms. The SMILES string of the molecule is Cc1ccc(S(=O)(=O)N/N=C\C2CC2)cc1. The van der Waals surface area contributed by atoms with E-state index in [9.17, 15) is 8.42 Å². The van der Waals surface area contributed by atoms with Crippen LogP contribution in [0.1, 0.15) is 18.4 Å². The zero-order chi connectivity index (χ0) is 11.6. The van der Waals surface area contributed by atoms with E-state index in [2.05, 4.69) is 9.93 Å². The van der Waals surface area contributed by atoms with Crippen molar-refractivity contribution >= 4 is 16.2 Å². The summed E-state index contributed by atoms with van der Waals surface area (Å²) < 4.78 is 23.4. The van der Waals surface area contributed by atoms with Crippen molar-refractivity contribution in [2.75, 3.05) is 0 Å². The van der Waals surface area contributed by atoms with Gasteiger partial charge in [-0.2, -0.15) is 13.5 Å². The first-order chi connectivity index (χ1) is 7.58. The Kier molecular flexibility index (Phi) is 2.96. The summed E-state index contributed by atoms with van der Waals surface area (Å²) in [6.45, 7) is 1.91. The molecule has 1 fully saturated rings. The summed E-state index contributed by atoms with van der Waals surface area (Å²) in [4.78, 5) is 2.45. The molecule has 0 heterocycles. The predicted molar refractivity (Wildman–Crippen MR) is 62.7 cm³/mol. The average Bonchev–Trinajstić information content (AvgIpc) is 3.02. The Balaban J connectivity index is 2.08. The molecule has 0 atom stereocenters. The highest BCUT2D eigenvalue weighted by Gasteiger charge is 2.19. The van der Waals surface area contributed by atoms with Gasteiger partial charge in [0.05, 0.1) is 4.90 Å². The van der Waals surface area contributed by atoms with E-state index in [0.717, 1.165) is 18.4 Å². The molecule has 0 aromatic heterocycles. The second-order valence-corrected chi connectivity index (χ2v) is 5.68. The van der Waals surface area contributed by atoms with E-state index in [-0.39, 0.29) is 4.90 Å². The molecular formula is C11H14N2O2S. The van der Waals surface area contributed by atoms with Gasteiger partial charge in [-0.25, -0.2) is 4.83 Å². The number of benzene rings is 1. The molecule has 1 aliphatic rings. The van der Waals surface area contributed by atoms with Crippen LogP contribution in [-0.2, 0) is 10.0 Å². The topological polar surface area (TPSA) is 58.5 Å². The molecule has 5 heteroatoms. The minimum atomic E-state index is -3.49. The largest absolute Gasteiger partial charge is 0.276 e. The molecule has 2 rings (SSSR count). The lowest BCUT2D eigenvalue weighted by Crippen LogP contribution is -2.18. The predicted octanol–water partition coefficient (Wildman–Crippen LogP) is 1.67. The van der Waals surface area contributed by atoms with E-state index in [1.165, 1.54) is 0 Å². The van der Waals surface area contributed by atoms with E-state index in [1.807, 2.05) is 6.92 Å². The molecule has 0 saturated heterocycles. The maximum absolute atomic E-state index is 11.7. The smallest absolute Gasteiger partial charge is 0.200 e. The molecule has 0 unspecified atom stereocenters. The molecular weight excluding hydrogens is 224 g/mol. The number of hydrazone groups is 1. The molecule has 1 N–H and O–H groups in total. The standard InChI is InChI=1S/C11H14N2O2S/c1-9-2-6-11(7-3-9)16(14,15)13-12-8-10-4-5-10/h2-3,6-8,10,13H,4-5H2,1H3/b12-8-. The van der Waals surface area contributed by atoms with Crippen LogP contribution in [0.25, 0.3) is 0 Å². The number of sulfonamides is 1. The Labute approximate surface area is 95.4 Å². The van der Waals surface area contributed by atoms with Gasteiger partial charge in [0.25, 0.3) is 10.0 Å². The Morgan fingerprint density at radius 1 is 1.31 bits per heavy atom. The van der Waals surface area contributed by atoms with Gasteiger partial charge in [0, 0.05) is 6.21 Å². The average molecular weight is 238 g/mol. The van der Waals surface area contributed by atoms with Gasteiger partial charge in [0.15, 0.2) is 0 Å². The van der Waals surface area contributed by atoms with Crippen molar-refractivity contribution in [1.82, 2.24) is 4.83 Å². The molecule has 0 aliphatic heterocycles. The summed E-state index contributed by atoms with van der Waals surface area (Å²) in [7, 11) is -3.49. The lowest BCUT2D eigenvalue weighted by Gasteiger charge is -2.03. The van der Waals surface area contributed by atoms with Crippen molar-refractivity contribution in [2.24, 2.45) is 11.0 Å². The van der Waals surface area contributed by atoms with Gasteiger partial charge < -0.3 is 0 Å². The number of nitrogens with zero attached hydrogens (tertiary/aromatic N) is 1. The molecule has 1 aromatic rings. The van der Waals surface area contributed by atoms with Crippen LogP contribution in [0.2, 0.25) is 0 Å². The second kappa shape index (κ2) is 4.25. The molecule has 0 amide bonds. The molecule has 86 valence electrons. The van der Waals surface area contributed by atoms with E-state index < -0.39 is 10.0 Å². The van der Waals surface area contributed by atoms with Gasteiger partial charge in [-0.1, -0.05) is 17.7 Å². The lowest BCUT2D eigenvalue weighted by atomic mass is 10.2. The first-order valence-corrected chi connectivity index (χ1v) is 6.68. The summed E-state index contributed by atoms with van der Waals surface area (Å²) in [5.41, 5.74) is 1.03. The summed E-state index contributed by atoms with van der Waals surface area (Å²) in [5, 5.41) is 3.74. The number of hydrogen-bond donors (Lipinski definition) is 1. The number of rotatable bonds is 4. The minimum Gasteiger partial charge on any atom is -0.200 e. The molecule has 0 spiro atoms. The van der Waals surface area contributed by atoms with Crippen LogP contribution in [0.5, 0.6) is 0 Å². The third kappa shape index (κ3) is 2.82. The summed E-state index contributed by atoms with van der Waals surface area (Å²) >= 11 is 0. The zero-order valence-electron chi connectivity index (χ0n) is 9.05.